The average molecular weight is 1020 g/mol. The monoisotopic (exact) mass is 1010 g/mol. The number of hydrogen-bond donors (Lipinski definition) is 0. The smallest absolute Gasteiger partial charge is 0.189 e. The van der Waals surface area contributed by atoms with E-state index < -0.39 is 0 Å². The van der Waals surface area contributed by atoms with Gasteiger partial charge < -0.3 is 9.13 Å². The van der Waals surface area contributed by atoms with Crippen molar-refractivity contribution in [3.8, 4) is 97.4 Å². The minimum Gasteiger partial charge on any atom is -0.309 e. The Kier molecular flexibility index (Phi) is 11.7. The molecule has 0 aliphatic carbocycles. The minimum atomic E-state index is 0.331. The molecule has 0 fully saturated rings. The number of rotatable bonds is 7. The van der Waals surface area contributed by atoms with Crippen molar-refractivity contribution in [2.24, 2.45) is 0 Å². The third-order valence-electron chi connectivity index (χ3n) is 14.3. The maximum absolute atomic E-state index is 10.6. The number of benzene rings is 9. The Labute approximate surface area is 457 Å². The Hall–Kier alpha value is -12.9. The van der Waals surface area contributed by atoms with Crippen LogP contribution in [0.3, 0.4) is 0 Å². The van der Waals surface area contributed by atoms with Gasteiger partial charge in [0.25, 0.3) is 0 Å². The Morgan fingerprint density at radius 2 is 0.662 bits per heavy atom. The van der Waals surface area contributed by atoms with Crippen molar-refractivity contribution in [1.82, 2.24) is 14.1 Å². The lowest BCUT2D eigenvalue weighted by Crippen LogP contribution is -2.02. The van der Waals surface area contributed by atoms with Gasteiger partial charge in [0, 0.05) is 56.2 Å². The van der Waals surface area contributed by atoms with E-state index in [2.05, 4.69) is 58.9 Å². The summed E-state index contributed by atoms with van der Waals surface area (Å²) in [5.41, 5.74) is 15.0. The van der Waals surface area contributed by atoms with Crippen LogP contribution in [0.4, 0.5) is 22.7 Å². The molecule has 9 aromatic carbocycles. The molecule has 0 saturated heterocycles. The molecule has 0 amide bonds. The van der Waals surface area contributed by atoms with Gasteiger partial charge in [0.05, 0.1) is 107 Å². The number of nitriles is 5. The summed E-state index contributed by atoms with van der Waals surface area (Å²) >= 11 is 0. The summed E-state index contributed by atoms with van der Waals surface area (Å²) < 4.78 is 4.29. The van der Waals surface area contributed by atoms with Crippen LogP contribution in [0, 0.1) is 82.9 Å². The topological polar surface area (TPSA) is 159 Å². The maximum Gasteiger partial charge on any atom is 0.189 e. The van der Waals surface area contributed by atoms with E-state index >= 15 is 0 Å². The molecule has 0 saturated carbocycles. The zero-order valence-corrected chi connectivity index (χ0v) is 41.7. The van der Waals surface area contributed by atoms with Crippen LogP contribution in [0.5, 0.6) is 0 Å². The number of pyridine rings is 1. The molecule has 12 aromatic rings. The van der Waals surface area contributed by atoms with Gasteiger partial charge in [0.15, 0.2) is 22.7 Å². The van der Waals surface area contributed by atoms with Crippen LogP contribution in [0.1, 0.15) is 27.8 Å². The number of hydrogen-bond acceptors (Lipinski definition) is 6. The fourth-order valence-corrected chi connectivity index (χ4v) is 10.7. The molecular formula is C68H30N12. The molecule has 80 heavy (non-hydrogen) atoms. The van der Waals surface area contributed by atoms with Gasteiger partial charge in [0.1, 0.15) is 0 Å². The molecule has 3 heterocycles. The summed E-state index contributed by atoms with van der Waals surface area (Å²) in [7, 11) is 0. The SMILES string of the molecule is [C-]#[N+]c1cc(C#N)cc(-c2ccc3c(c2)c2cc(-c4cc(C#N)cc(C#N)c4)ccc2n3-c2ccncc2-c2cc(C#N)ccc2-n2c3ccc(-c4cc(C#N)cc([N+]#[C-])c4)cc3c3cc(-c4cc([N+]#[C-])cc([N+]#[C-])c4)ccc32)c1. The summed E-state index contributed by atoms with van der Waals surface area (Å²) in [6.07, 6.45) is 3.50. The molecule has 362 valence electrons. The van der Waals surface area contributed by atoms with Crippen LogP contribution in [-0.4, -0.2) is 14.1 Å². The Morgan fingerprint density at radius 1 is 0.312 bits per heavy atom. The van der Waals surface area contributed by atoms with Gasteiger partial charge in [0.2, 0.25) is 0 Å². The molecule has 0 aliphatic rings. The summed E-state index contributed by atoms with van der Waals surface area (Å²) in [4.78, 5) is 19.3. The normalized spacial score (nSPS) is 10.6. The van der Waals surface area contributed by atoms with Crippen molar-refractivity contribution in [2.75, 3.05) is 0 Å². The molecule has 0 bridgehead atoms. The highest BCUT2D eigenvalue weighted by Crippen LogP contribution is 2.45. The molecular weight excluding hydrogens is 985 g/mol. The van der Waals surface area contributed by atoms with E-state index in [9.17, 15) is 26.3 Å². The highest BCUT2D eigenvalue weighted by atomic mass is 15.0. The maximum atomic E-state index is 10.6. The second-order valence-corrected chi connectivity index (χ2v) is 18.8. The largest absolute Gasteiger partial charge is 0.309 e. The number of aromatic nitrogens is 3. The standard InChI is InChI=1S/C68H30N12/c1-74-53-22-43(37-72)20-50(25-53)46-7-12-64-59(30-46)61-32-48(52-27-55(76-3)33-56(28-52)77-4)9-14-65(61)79(64)63-10-5-40(34-69)24-57(63)62-39-78-16-15-68(62)80-66-11-6-45(49-18-41(35-70)17-42(19-49)36-71)29-58(66)60-31-47(8-13-67(60)80)51-21-44(38-73)23-54(26-51)75-2/h5-33,39H. The van der Waals surface area contributed by atoms with Crippen molar-refractivity contribution in [2.45, 2.75) is 0 Å². The summed E-state index contributed by atoms with van der Waals surface area (Å²) in [6, 6.07) is 62.9. The first kappa shape index (κ1) is 48.1. The molecule has 0 N–H and O–H groups in total. The summed E-state index contributed by atoms with van der Waals surface area (Å²) in [5.74, 6) is 0. The van der Waals surface area contributed by atoms with Gasteiger partial charge in [-0.1, -0.05) is 42.5 Å². The first-order valence-electron chi connectivity index (χ1n) is 24.5. The highest BCUT2D eigenvalue weighted by molar-refractivity contribution is 6.14. The van der Waals surface area contributed by atoms with E-state index in [0.29, 0.717) is 83.9 Å². The van der Waals surface area contributed by atoms with Gasteiger partial charge in [-0.15, -0.1) is 0 Å². The number of nitrogens with zero attached hydrogens (tertiary/aromatic N) is 12. The predicted molar refractivity (Wildman–Crippen MR) is 309 cm³/mol. The lowest BCUT2D eigenvalue weighted by Gasteiger charge is -2.18. The van der Waals surface area contributed by atoms with Crippen molar-refractivity contribution < 1.29 is 0 Å². The van der Waals surface area contributed by atoms with Gasteiger partial charge in [-0.25, -0.2) is 19.4 Å². The van der Waals surface area contributed by atoms with Crippen LogP contribution in [-0.2, 0) is 0 Å². The van der Waals surface area contributed by atoms with Gasteiger partial charge >= 0.3 is 0 Å². The molecule has 3 aromatic heterocycles. The molecule has 0 aliphatic heterocycles. The fraction of sp³-hybridized carbons (Fsp3) is 0. The van der Waals surface area contributed by atoms with Crippen LogP contribution in [0.2, 0.25) is 0 Å². The minimum absolute atomic E-state index is 0.331. The summed E-state index contributed by atoms with van der Waals surface area (Å²) in [6.45, 7) is 31.1. The molecule has 0 spiro atoms. The second kappa shape index (κ2) is 19.4. The van der Waals surface area contributed by atoms with Gasteiger partial charge in [-0.2, -0.15) is 26.3 Å². The molecule has 0 radical (unpaired) electrons. The van der Waals surface area contributed by atoms with E-state index in [1.807, 2.05) is 91.0 Å². The van der Waals surface area contributed by atoms with E-state index in [1.54, 1.807) is 91.3 Å². The molecule has 12 rings (SSSR count). The fourth-order valence-electron chi connectivity index (χ4n) is 10.7. The van der Waals surface area contributed by atoms with E-state index in [-0.39, 0.29) is 0 Å². The Balaban J connectivity index is 1.12. The summed E-state index contributed by atoms with van der Waals surface area (Å²) in [5, 5.41) is 53.7. The van der Waals surface area contributed by atoms with Gasteiger partial charge in [-0.05, 0) is 172 Å². The molecule has 12 nitrogen and oxygen atoms in total. The lowest BCUT2D eigenvalue weighted by molar-refractivity contribution is 1.14. The highest BCUT2D eigenvalue weighted by Gasteiger charge is 2.23. The van der Waals surface area contributed by atoms with Crippen LogP contribution >= 0.6 is 0 Å². The van der Waals surface area contributed by atoms with E-state index in [4.69, 9.17) is 31.3 Å². The van der Waals surface area contributed by atoms with Crippen LogP contribution in [0.25, 0.3) is 130 Å². The Morgan fingerprint density at radius 3 is 1.05 bits per heavy atom. The second-order valence-electron chi connectivity index (χ2n) is 18.8. The van der Waals surface area contributed by atoms with Crippen molar-refractivity contribution in [3.63, 3.8) is 0 Å². The van der Waals surface area contributed by atoms with E-state index in [1.165, 1.54) is 0 Å². The predicted octanol–water partition coefficient (Wildman–Crippen LogP) is 17.2. The van der Waals surface area contributed by atoms with E-state index in [0.717, 1.165) is 77.2 Å². The molecule has 0 atom stereocenters. The zero-order valence-electron chi connectivity index (χ0n) is 41.7. The number of fused-ring (bicyclic) bond motifs is 6. The van der Waals surface area contributed by atoms with Crippen molar-refractivity contribution in [3.05, 3.63) is 256 Å². The van der Waals surface area contributed by atoms with Crippen LogP contribution < -0.4 is 0 Å². The third kappa shape index (κ3) is 8.17. The lowest BCUT2D eigenvalue weighted by atomic mass is 9.97. The van der Waals surface area contributed by atoms with Crippen LogP contribution in [0.15, 0.2) is 182 Å². The first-order valence-corrected chi connectivity index (χ1v) is 24.5. The van der Waals surface area contributed by atoms with Crippen molar-refractivity contribution in [1.29, 1.82) is 26.3 Å². The first-order chi connectivity index (χ1) is 39.2. The zero-order chi connectivity index (χ0) is 55.2. The third-order valence-corrected chi connectivity index (χ3v) is 14.3. The molecule has 12 heteroatoms. The van der Waals surface area contributed by atoms with Gasteiger partial charge in [-0.3, -0.25) is 4.98 Å². The quantitative estimate of drug-likeness (QED) is 0.145. The average Bonchev–Trinajstić information content (AvgIpc) is 4.20. The van der Waals surface area contributed by atoms with Crippen molar-refractivity contribution >= 4 is 66.4 Å². The Bertz CT molecular complexity index is 4750. The molecule has 0 unspecified atom stereocenters.